The molecule has 0 unspecified atom stereocenters. The van der Waals surface area contributed by atoms with Crippen LogP contribution in [-0.4, -0.2) is 41.5 Å². The minimum absolute atomic E-state index is 0.332. The molecule has 0 fully saturated rings. The molecule has 0 aliphatic rings. The molecule has 90 valence electrons. The van der Waals surface area contributed by atoms with Crippen LogP contribution in [-0.2, 0) is 4.74 Å². The Morgan fingerprint density at radius 2 is 2.25 bits per heavy atom. The third kappa shape index (κ3) is 4.88. The van der Waals surface area contributed by atoms with Crippen molar-refractivity contribution in [3.8, 4) is 0 Å². The van der Waals surface area contributed by atoms with E-state index in [0.717, 1.165) is 25.4 Å². The van der Waals surface area contributed by atoms with Gasteiger partial charge in [-0.05, 0) is 20.3 Å². The van der Waals surface area contributed by atoms with E-state index >= 15 is 0 Å². The first-order chi connectivity index (χ1) is 7.72. The fourth-order valence-corrected chi connectivity index (χ4v) is 1.16. The minimum Gasteiger partial charge on any atom is -0.385 e. The molecule has 0 aliphatic carbocycles. The Hall–Kier alpha value is -1.43. The van der Waals surface area contributed by atoms with Gasteiger partial charge in [-0.2, -0.15) is 10.1 Å². The molecule has 0 amide bonds. The fraction of sp³-hybridized carbons (Fsp3) is 0.700. The van der Waals surface area contributed by atoms with Crippen molar-refractivity contribution in [2.75, 3.05) is 30.9 Å². The van der Waals surface area contributed by atoms with Crippen LogP contribution in [0.5, 0.6) is 0 Å². The van der Waals surface area contributed by atoms with Crippen molar-refractivity contribution in [3.05, 3.63) is 6.20 Å². The SMILES string of the molecule is COCCCNc1nncc(NC(C)C)n1. The van der Waals surface area contributed by atoms with Crippen LogP contribution in [0.1, 0.15) is 20.3 Å². The predicted molar refractivity (Wildman–Crippen MR) is 63.6 cm³/mol. The Bertz CT molecular complexity index is 305. The van der Waals surface area contributed by atoms with E-state index in [0.29, 0.717) is 12.0 Å². The Labute approximate surface area is 95.8 Å². The molecule has 0 atom stereocenters. The van der Waals surface area contributed by atoms with Gasteiger partial charge in [0.1, 0.15) is 0 Å². The largest absolute Gasteiger partial charge is 0.385 e. The van der Waals surface area contributed by atoms with Gasteiger partial charge in [0, 0.05) is 26.3 Å². The molecule has 1 aromatic heterocycles. The quantitative estimate of drug-likeness (QED) is 0.678. The normalized spacial score (nSPS) is 10.5. The van der Waals surface area contributed by atoms with Crippen LogP contribution in [0.3, 0.4) is 0 Å². The number of methoxy groups -OCH3 is 1. The third-order valence-electron chi connectivity index (χ3n) is 1.80. The van der Waals surface area contributed by atoms with Crippen LogP contribution in [0, 0.1) is 0 Å². The lowest BCUT2D eigenvalue weighted by Crippen LogP contribution is -2.14. The van der Waals surface area contributed by atoms with Gasteiger partial charge in [-0.25, -0.2) is 0 Å². The summed E-state index contributed by atoms with van der Waals surface area (Å²) in [5, 5.41) is 14.0. The molecule has 1 rings (SSSR count). The van der Waals surface area contributed by atoms with Crippen LogP contribution in [0.25, 0.3) is 0 Å². The van der Waals surface area contributed by atoms with Gasteiger partial charge >= 0.3 is 0 Å². The zero-order valence-electron chi connectivity index (χ0n) is 10.0. The average molecular weight is 225 g/mol. The van der Waals surface area contributed by atoms with E-state index in [1.807, 2.05) is 13.8 Å². The molecular formula is C10H19N5O. The van der Waals surface area contributed by atoms with Crippen molar-refractivity contribution in [1.29, 1.82) is 0 Å². The number of nitrogens with one attached hydrogen (secondary N) is 2. The van der Waals surface area contributed by atoms with Crippen molar-refractivity contribution >= 4 is 11.8 Å². The second-order valence-electron chi connectivity index (χ2n) is 3.74. The maximum atomic E-state index is 4.95. The van der Waals surface area contributed by atoms with Crippen molar-refractivity contribution < 1.29 is 4.74 Å². The lowest BCUT2D eigenvalue weighted by molar-refractivity contribution is 0.197. The van der Waals surface area contributed by atoms with Gasteiger partial charge in [-0.3, -0.25) is 0 Å². The van der Waals surface area contributed by atoms with E-state index < -0.39 is 0 Å². The van der Waals surface area contributed by atoms with Gasteiger partial charge in [-0.15, -0.1) is 5.10 Å². The molecule has 0 saturated carbocycles. The van der Waals surface area contributed by atoms with E-state index in [1.54, 1.807) is 13.3 Å². The molecule has 6 heteroatoms. The number of aromatic nitrogens is 3. The van der Waals surface area contributed by atoms with E-state index in [-0.39, 0.29) is 0 Å². The van der Waals surface area contributed by atoms with Gasteiger partial charge in [0.2, 0.25) is 5.95 Å². The first-order valence-corrected chi connectivity index (χ1v) is 5.41. The summed E-state index contributed by atoms with van der Waals surface area (Å²) in [5.74, 6) is 1.28. The molecule has 2 N–H and O–H groups in total. The van der Waals surface area contributed by atoms with E-state index in [9.17, 15) is 0 Å². The van der Waals surface area contributed by atoms with Crippen LogP contribution in [0.2, 0.25) is 0 Å². The molecule has 16 heavy (non-hydrogen) atoms. The summed E-state index contributed by atoms with van der Waals surface area (Å²) in [4.78, 5) is 4.27. The molecule has 0 spiro atoms. The second-order valence-corrected chi connectivity index (χ2v) is 3.74. The summed E-state index contributed by atoms with van der Waals surface area (Å²) < 4.78 is 4.95. The highest BCUT2D eigenvalue weighted by molar-refractivity contribution is 5.37. The summed E-state index contributed by atoms with van der Waals surface area (Å²) in [5.41, 5.74) is 0. The first kappa shape index (κ1) is 12.6. The minimum atomic E-state index is 0.332. The Kier molecular flexibility index (Phi) is 5.49. The van der Waals surface area contributed by atoms with Gasteiger partial charge in [0.15, 0.2) is 5.82 Å². The van der Waals surface area contributed by atoms with Crippen molar-refractivity contribution in [2.45, 2.75) is 26.3 Å². The number of hydrogen-bond acceptors (Lipinski definition) is 6. The maximum Gasteiger partial charge on any atom is 0.244 e. The first-order valence-electron chi connectivity index (χ1n) is 5.41. The molecule has 0 aliphatic heterocycles. The van der Waals surface area contributed by atoms with Crippen LogP contribution in [0.4, 0.5) is 11.8 Å². The van der Waals surface area contributed by atoms with Gasteiger partial charge in [0.25, 0.3) is 0 Å². The van der Waals surface area contributed by atoms with E-state index in [2.05, 4.69) is 25.8 Å². The molecule has 6 nitrogen and oxygen atoms in total. The highest BCUT2D eigenvalue weighted by Crippen LogP contribution is 2.04. The summed E-state index contributed by atoms with van der Waals surface area (Å²) >= 11 is 0. The van der Waals surface area contributed by atoms with E-state index in [1.165, 1.54) is 0 Å². The number of nitrogens with zero attached hydrogens (tertiary/aromatic N) is 3. The lowest BCUT2D eigenvalue weighted by atomic mass is 10.4. The summed E-state index contributed by atoms with van der Waals surface area (Å²) in [6.45, 7) is 5.60. The Morgan fingerprint density at radius 3 is 2.94 bits per heavy atom. The van der Waals surface area contributed by atoms with Crippen molar-refractivity contribution in [1.82, 2.24) is 15.2 Å². The third-order valence-corrected chi connectivity index (χ3v) is 1.80. The highest BCUT2D eigenvalue weighted by atomic mass is 16.5. The zero-order chi connectivity index (χ0) is 11.8. The van der Waals surface area contributed by atoms with Gasteiger partial charge in [0.05, 0.1) is 6.20 Å². The summed E-state index contributed by atoms with van der Waals surface area (Å²) in [7, 11) is 1.69. The Balaban J connectivity index is 2.41. The molecule has 0 radical (unpaired) electrons. The van der Waals surface area contributed by atoms with Crippen LogP contribution in [0.15, 0.2) is 6.20 Å². The number of anilines is 2. The molecule has 0 aromatic carbocycles. The topological polar surface area (TPSA) is 72.0 Å². The number of rotatable bonds is 7. The van der Waals surface area contributed by atoms with Gasteiger partial charge in [-0.1, -0.05) is 0 Å². The monoisotopic (exact) mass is 225 g/mol. The van der Waals surface area contributed by atoms with E-state index in [4.69, 9.17) is 4.74 Å². The molecule has 1 heterocycles. The Morgan fingerprint density at radius 1 is 1.44 bits per heavy atom. The molecule has 0 saturated heterocycles. The predicted octanol–water partition coefficient (Wildman–Crippen LogP) is 1.14. The molecule has 0 bridgehead atoms. The molecule has 1 aromatic rings. The van der Waals surface area contributed by atoms with Crippen LogP contribution < -0.4 is 10.6 Å². The van der Waals surface area contributed by atoms with Crippen molar-refractivity contribution in [3.63, 3.8) is 0 Å². The van der Waals surface area contributed by atoms with Gasteiger partial charge < -0.3 is 15.4 Å². The maximum absolute atomic E-state index is 4.95. The standard InChI is InChI=1S/C10H19N5O/c1-8(2)13-9-7-12-15-10(14-9)11-5-4-6-16-3/h7-8H,4-6H2,1-3H3,(H2,11,13,14,15). The summed E-state index contributed by atoms with van der Waals surface area (Å²) in [6, 6.07) is 0.332. The summed E-state index contributed by atoms with van der Waals surface area (Å²) in [6.07, 6.45) is 2.53. The highest BCUT2D eigenvalue weighted by Gasteiger charge is 2.00. The fourth-order valence-electron chi connectivity index (χ4n) is 1.16. The number of hydrogen-bond donors (Lipinski definition) is 2. The number of ether oxygens (including phenoxy) is 1. The second kappa shape index (κ2) is 6.95. The molecular weight excluding hydrogens is 206 g/mol. The smallest absolute Gasteiger partial charge is 0.244 e. The average Bonchev–Trinajstić information content (AvgIpc) is 2.24. The van der Waals surface area contributed by atoms with Crippen LogP contribution >= 0.6 is 0 Å². The zero-order valence-corrected chi connectivity index (χ0v) is 10.0. The lowest BCUT2D eigenvalue weighted by Gasteiger charge is -2.09. The van der Waals surface area contributed by atoms with Crippen molar-refractivity contribution in [2.24, 2.45) is 0 Å².